The molecule has 0 saturated heterocycles. The van der Waals surface area contributed by atoms with Gasteiger partial charge in [0.15, 0.2) is 0 Å². The van der Waals surface area contributed by atoms with E-state index < -0.39 is 0 Å². The summed E-state index contributed by atoms with van der Waals surface area (Å²) in [7, 11) is 0. The van der Waals surface area contributed by atoms with Gasteiger partial charge >= 0.3 is 0 Å². The number of hydrogen-bond acceptors (Lipinski definition) is 2. The van der Waals surface area contributed by atoms with Crippen LogP contribution in [-0.2, 0) is 22.7 Å². The molecule has 2 rings (SSSR count). The molecule has 2 nitrogen and oxygen atoms in total. The van der Waals surface area contributed by atoms with Crippen LogP contribution < -0.4 is 0 Å². The van der Waals surface area contributed by atoms with E-state index in [-0.39, 0.29) is 5.41 Å². The molecular formula is C25H28O2. The van der Waals surface area contributed by atoms with Crippen molar-refractivity contribution < 1.29 is 9.47 Å². The van der Waals surface area contributed by atoms with Crippen molar-refractivity contribution >= 4 is 0 Å². The normalized spacial score (nSPS) is 10.4. The molecule has 2 aromatic carbocycles. The summed E-state index contributed by atoms with van der Waals surface area (Å²) in [6.07, 6.45) is 1.42. The molecule has 2 heteroatoms. The van der Waals surface area contributed by atoms with Crippen LogP contribution in [0, 0.1) is 29.1 Å². The summed E-state index contributed by atoms with van der Waals surface area (Å²) in [6.45, 7) is 6.04. The van der Waals surface area contributed by atoms with E-state index in [9.17, 15) is 0 Å². The van der Waals surface area contributed by atoms with Gasteiger partial charge < -0.3 is 9.47 Å². The van der Waals surface area contributed by atoms with Gasteiger partial charge in [0.05, 0.1) is 26.4 Å². The van der Waals surface area contributed by atoms with Crippen molar-refractivity contribution in [2.45, 2.75) is 39.9 Å². The molecule has 0 N–H and O–H groups in total. The van der Waals surface area contributed by atoms with E-state index in [4.69, 9.17) is 9.47 Å². The van der Waals surface area contributed by atoms with Gasteiger partial charge in [0.2, 0.25) is 0 Å². The van der Waals surface area contributed by atoms with E-state index >= 15 is 0 Å². The van der Waals surface area contributed by atoms with E-state index in [2.05, 4.69) is 47.9 Å². The number of benzene rings is 2. The molecule has 27 heavy (non-hydrogen) atoms. The van der Waals surface area contributed by atoms with E-state index in [1.807, 2.05) is 50.2 Å². The van der Waals surface area contributed by atoms with Crippen LogP contribution in [0.4, 0.5) is 0 Å². The van der Waals surface area contributed by atoms with Crippen LogP contribution in [0.15, 0.2) is 60.7 Å². The van der Waals surface area contributed by atoms with E-state index in [1.165, 1.54) is 11.1 Å². The van der Waals surface area contributed by atoms with Gasteiger partial charge in [-0.25, -0.2) is 0 Å². The maximum absolute atomic E-state index is 6.07. The van der Waals surface area contributed by atoms with Gasteiger partial charge in [0.25, 0.3) is 0 Å². The van der Waals surface area contributed by atoms with E-state index in [1.54, 1.807) is 0 Å². The average molecular weight is 360 g/mol. The Labute approximate surface area is 163 Å². The van der Waals surface area contributed by atoms with Crippen LogP contribution in [0.1, 0.15) is 37.8 Å². The fraction of sp³-hybridized carbons (Fsp3) is 0.360. The molecule has 0 aromatic heterocycles. The second kappa shape index (κ2) is 12.0. The van der Waals surface area contributed by atoms with Gasteiger partial charge in [-0.2, -0.15) is 0 Å². The first-order valence-electron chi connectivity index (χ1n) is 9.30. The molecule has 0 amide bonds. The van der Waals surface area contributed by atoms with Gasteiger partial charge in [-0.3, -0.25) is 0 Å². The summed E-state index contributed by atoms with van der Waals surface area (Å²) in [4.78, 5) is 0. The molecule has 0 aliphatic heterocycles. The molecule has 2 aromatic rings. The lowest BCUT2D eigenvalue weighted by Gasteiger charge is -2.30. The summed E-state index contributed by atoms with van der Waals surface area (Å²) in [6, 6.07) is 20.4. The summed E-state index contributed by atoms with van der Waals surface area (Å²) in [5.74, 6) is 12.4. The molecule has 0 saturated carbocycles. The SMILES string of the molecule is CC#CCC(CC#CC)(COCc1ccccc1)COCc1ccccc1. The fourth-order valence-electron chi connectivity index (χ4n) is 2.78. The Bertz CT molecular complexity index is 704. The fourth-order valence-corrected chi connectivity index (χ4v) is 2.78. The molecule has 0 aliphatic rings. The van der Waals surface area contributed by atoms with Gasteiger partial charge in [0.1, 0.15) is 0 Å². The van der Waals surface area contributed by atoms with Crippen LogP contribution in [0.25, 0.3) is 0 Å². The van der Waals surface area contributed by atoms with Gasteiger partial charge in [-0.05, 0) is 25.0 Å². The molecule has 0 spiro atoms. The molecule has 0 radical (unpaired) electrons. The predicted octanol–water partition coefficient (Wildman–Crippen LogP) is 5.23. The Morgan fingerprint density at radius 2 is 1.07 bits per heavy atom. The Balaban J connectivity index is 2.01. The zero-order chi connectivity index (χ0) is 19.2. The molecule has 0 unspecified atom stereocenters. The molecule has 0 heterocycles. The highest BCUT2D eigenvalue weighted by Gasteiger charge is 2.30. The van der Waals surface area contributed by atoms with Crippen molar-refractivity contribution in [3.63, 3.8) is 0 Å². The summed E-state index contributed by atoms with van der Waals surface area (Å²) < 4.78 is 12.1. The third-order valence-corrected chi connectivity index (χ3v) is 4.32. The first kappa shape index (κ1) is 20.8. The molecule has 0 aliphatic carbocycles. The summed E-state index contributed by atoms with van der Waals surface area (Å²) in [5.41, 5.74) is 2.11. The zero-order valence-electron chi connectivity index (χ0n) is 16.3. The van der Waals surface area contributed by atoms with Crippen molar-refractivity contribution in [1.82, 2.24) is 0 Å². The lowest BCUT2D eigenvalue weighted by Crippen LogP contribution is -2.32. The largest absolute Gasteiger partial charge is 0.376 e. The maximum atomic E-state index is 6.07. The molecule has 0 fully saturated rings. The standard InChI is InChI=1S/C25H28O2/c1-3-5-17-25(18-6-4-2,21-26-19-23-13-9-7-10-14-23)22-27-20-24-15-11-8-12-16-24/h7-16H,17-22H2,1-2H3. The van der Waals surface area contributed by atoms with Crippen LogP contribution >= 0.6 is 0 Å². The highest BCUT2D eigenvalue weighted by molar-refractivity contribution is 5.14. The van der Waals surface area contributed by atoms with Gasteiger partial charge in [-0.15, -0.1) is 23.7 Å². The quantitative estimate of drug-likeness (QED) is 0.540. The molecular weight excluding hydrogens is 332 g/mol. The minimum absolute atomic E-state index is 0.227. The minimum atomic E-state index is -0.227. The lowest BCUT2D eigenvalue weighted by atomic mass is 9.83. The minimum Gasteiger partial charge on any atom is -0.376 e. The van der Waals surface area contributed by atoms with Crippen LogP contribution in [0.5, 0.6) is 0 Å². The van der Waals surface area contributed by atoms with Crippen molar-refractivity contribution in [3.8, 4) is 23.7 Å². The Morgan fingerprint density at radius 1 is 0.667 bits per heavy atom. The van der Waals surface area contributed by atoms with Crippen molar-refractivity contribution in [2.24, 2.45) is 5.41 Å². The number of hydrogen-bond donors (Lipinski definition) is 0. The first-order valence-corrected chi connectivity index (χ1v) is 9.30. The summed E-state index contributed by atoms with van der Waals surface area (Å²) >= 11 is 0. The second-order valence-electron chi connectivity index (χ2n) is 6.66. The van der Waals surface area contributed by atoms with E-state index in [0.29, 0.717) is 39.3 Å². The average Bonchev–Trinajstić information content (AvgIpc) is 2.72. The van der Waals surface area contributed by atoms with Crippen molar-refractivity contribution in [2.75, 3.05) is 13.2 Å². The Kier molecular flexibility index (Phi) is 9.22. The first-order chi connectivity index (χ1) is 13.3. The monoisotopic (exact) mass is 360 g/mol. The topological polar surface area (TPSA) is 18.5 Å². The molecule has 140 valence electrons. The highest BCUT2D eigenvalue weighted by Crippen LogP contribution is 2.28. The van der Waals surface area contributed by atoms with Crippen LogP contribution in [0.2, 0.25) is 0 Å². The summed E-state index contributed by atoms with van der Waals surface area (Å²) in [5, 5.41) is 0. The van der Waals surface area contributed by atoms with Crippen molar-refractivity contribution in [1.29, 1.82) is 0 Å². The Hall–Kier alpha value is -2.52. The number of rotatable bonds is 10. The van der Waals surface area contributed by atoms with Gasteiger partial charge in [-0.1, -0.05) is 60.7 Å². The van der Waals surface area contributed by atoms with Crippen LogP contribution in [-0.4, -0.2) is 13.2 Å². The predicted molar refractivity (Wildman–Crippen MR) is 111 cm³/mol. The third-order valence-electron chi connectivity index (χ3n) is 4.32. The third kappa shape index (κ3) is 7.71. The highest BCUT2D eigenvalue weighted by atomic mass is 16.5. The van der Waals surface area contributed by atoms with Crippen molar-refractivity contribution in [3.05, 3.63) is 71.8 Å². The second-order valence-corrected chi connectivity index (χ2v) is 6.66. The van der Waals surface area contributed by atoms with Crippen LogP contribution in [0.3, 0.4) is 0 Å². The van der Waals surface area contributed by atoms with Gasteiger partial charge in [0, 0.05) is 18.3 Å². The number of ether oxygens (including phenoxy) is 2. The smallest absolute Gasteiger partial charge is 0.0717 e. The lowest BCUT2D eigenvalue weighted by molar-refractivity contribution is -0.0283. The molecule has 0 atom stereocenters. The maximum Gasteiger partial charge on any atom is 0.0717 e. The zero-order valence-corrected chi connectivity index (χ0v) is 16.3. The molecule has 0 bridgehead atoms. The van der Waals surface area contributed by atoms with E-state index in [0.717, 1.165) is 0 Å². The Morgan fingerprint density at radius 3 is 1.44 bits per heavy atom.